The number of aromatic amines is 1. The molecule has 1 aromatic heterocycles. The lowest BCUT2D eigenvalue weighted by atomic mass is 9.78. The standard InChI is InChI=1S/C34H50N4O8/c1-22-16-25(17-24-8-11-35-28(22)24)29(40)36-19-26(39)18-27-7-6-23(2)34(45-27,30(41)42)10-13-38-14-15-44-21-33(38)9-12-37(20-33)31(43)46-32(3,4)5/h8,11,16-17,23,26-27,35,39H,6-7,9-10,12-15,18-21H2,1-5H3,(H,36,40)(H,41,42)/t23-,26-,27-,33+,34-/m1/s1. The lowest BCUT2D eigenvalue weighted by molar-refractivity contribution is -0.204. The summed E-state index contributed by atoms with van der Waals surface area (Å²) in [5, 5.41) is 25.2. The highest BCUT2D eigenvalue weighted by Crippen LogP contribution is 2.40. The van der Waals surface area contributed by atoms with Crippen molar-refractivity contribution in [1.82, 2.24) is 20.1 Å². The van der Waals surface area contributed by atoms with Crippen molar-refractivity contribution in [1.29, 1.82) is 0 Å². The number of nitrogens with one attached hydrogen (secondary N) is 2. The van der Waals surface area contributed by atoms with Gasteiger partial charge in [-0.25, -0.2) is 9.59 Å². The molecular weight excluding hydrogens is 592 g/mol. The maximum atomic E-state index is 12.9. The van der Waals surface area contributed by atoms with Gasteiger partial charge in [0.05, 0.1) is 31.0 Å². The van der Waals surface area contributed by atoms with Crippen molar-refractivity contribution in [3.63, 3.8) is 0 Å². The van der Waals surface area contributed by atoms with E-state index in [9.17, 15) is 24.6 Å². The number of fused-ring (bicyclic) bond motifs is 1. The number of amides is 2. The van der Waals surface area contributed by atoms with Gasteiger partial charge < -0.3 is 39.6 Å². The van der Waals surface area contributed by atoms with E-state index in [1.54, 1.807) is 4.90 Å². The zero-order valence-corrected chi connectivity index (χ0v) is 27.8. The third-order valence-electron chi connectivity index (χ3n) is 9.89. The van der Waals surface area contributed by atoms with Crippen LogP contribution >= 0.6 is 0 Å². The fourth-order valence-corrected chi connectivity index (χ4v) is 7.30. The molecular formula is C34H50N4O8. The fourth-order valence-electron chi connectivity index (χ4n) is 7.30. The molecule has 1 aromatic carbocycles. The molecule has 4 heterocycles. The minimum atomic E-state index is -1.42. The van der Waals surface area contributed by atoms with Gasteiger partial charge in [-0.3, -0.25) is 9.69 Å². The van der Waals surface area contributed by atoms with Crippen LogP contribution in [0.4, 0.5) is 4.79 Å². The molecule has 12 heteroatoms. The number of benzene rings is 1. The van der Waals surface area contributed by atoms with Crippen molar-refractivity contribution in [2.45, 2.75) is 95.7 Å². The lowest BCUT2D eigenvalue weighted by Gasteiger charge is -2.48. The third-order valence-corrected chi connectivity index (χ3v) is 9.89. The Morgan fingerprint density at radius 2 is 2.00 bits per heavy atom. The number of nitrogens with zero attached hydrogens (tertiary/aromatic N) is 2. The molecule has 5 rings (SSSR count). The highest BCUT2D eigenvalue weighted by Gasteiger charge is 2.52. The van der Waals surface area contributed by atoms with E-state index in [4.69, 9.17) is 14.2 Å². The number of aryl methyl sites for hydroxylation is 1. The van der Waals surface area contributed by atoms with Crippen LogP contribution in [0.1, 0.15) is 75.7 Å². The smallest absolute Gasteiger partial charge is 0.410 e. The molecule has 12 nitrogen and oxygen atoms in total. The van der Waals surface area contributed by atoms with Crippen molar-refractivity contribution in [2.24, 2.45) is 5.92 Å². The minimum Gasteiger partial charge on any atom is -0.479 e. The molecule has 5 atom stereocenters. The van der Waals surface area contributed by atoms with Crippen LogP contribution in [0.2, 0.25) is 0 Å². The number of hydrogen-bond acceptors (Lipinski definition) is 8. The van der Waals surface area contributed by atoms with Crippen LogP contribution in [0.3, 0.4) is 0 Å². The summed E-state index contributed by atoms with van der Waals surface area (Å²) in [7, 11) is 0. The first-order valence-corrected chi connectivity index (χ1v) is 16.5. The number of aliphatic hydroxyl groups is 1. The summed E-state index contributed by atoms with van der Waals surface area (Å²) in [6, 6.07) is 5.54. The lowest BCUT2D eigenvalue weighted by Crippen LogP contribution is -2.61. The van der Waals surface area contributed by atoms with Crippen LogP contribution in [0.15, 0.2) is 24.4 Å². The summed E-state index contributed by atoms with van der Waals surface area (Å²) in [6.45, 7) is 12.5. The maximum Gasteiger partial charge on any atom is 0.410 e. The highest BCUT2D eigenvalue weighted by molar-refractivity contribution is 5.99. The maximum absolute atomic E-state index is 12.9. The number of carboxylic acid groups (broad SMARTS) is 1. The van der Waals surface area contributed by atoms with Crippen LogP contribution in [-0.4, -0.2) is 118 Å². The Morgan fingerprint density at radius 1 is 1.22 bits per heavy atom. The Bertz CT molecular complexity index is 1420. The Labute approximate surface area is 270 Å². The second kappa shape index (κ2) is 13.5. The number of carbonyl (C=O) groups is 3. The average molecular weight is 643 g/mol. The molecule has 254 valence electrons. The zero-order chi connectivity index (χ0) is 33.3. The van der Waals surface area contributed by atoms with Gasteiger partial charge >= 0.3 is 12.1 Å². The van der Waals surface area contributed by atoms with Gasteiger partial charge in [0.2, 0.25) is 0 Å². The molecule has 4 N–H and O–H groups in total. The largest absolute Gasteiger partial charge is 0.479 e. The van der Waals surface area contributed by atoms with Crippen molar-refractivity contribution in [3.05, 3.63) is 35.5 Å². The molecule has 0 aliphatic carbocycles. The van der Waals surface area contributed by atoms with Crippen molar-refractivity contribution in [2.75, 3.05) is 45.9 Å². The number of morpholine rings is 1. The van der Waals surface area contributed by atoms with Crippen molar-refractivity contribution >= 4 is 28.9 Å². The first kappa shape index (κ1) is 34.2. The van der Waals surface area contributed by atoms with E-state index in [0.717, 1.165) is 16.5 Å². The quantitative estimate of drug-likeness (QED) is 0.321. The molecule has 3 aliphatic rings. The van der Waals surface area contributed by atoms with Gasteiger partial charge in [-0.2, -0.15) is 0 Å². The van der Waals surface area contributed by atoms with Crippen LogP contribution in [0.25, 0.3) is 10.9 Å². The predicted octanol–water partition coefficient (Wildman–Crippen LogP) is 3.70. The highest BCUT2D eigenvalue weighted by atomic mass is 16.6. The molecule has 0 radical (unpaired) electrons. The van der Waals surface area contributed by atoms with Gasteiger partial charge in [-0.05, 0) is 76.6 Å². The van der Waals surface area contributed by atoms with E-state index in [1.807, 2.05) is 59.0 Å². The Hall–Kier alpha value is -3.19. The first-order valence-electron chi connectivity index (χ1n) is 16.5. The summed E-state index contributed by atoms with van der Waals surface area (Å²) >= 11 is 0. The summed E-state index contributed by atoms with van der Waals surface area (Å²) in [6.07, 6.45) is 2.57. The van der Waals surface area contributed by atoms with Gasteiger partial charge in [0.1, 0.15) is 5.60 Å². The molecule has 0 unspecified atom stereocenters. The summed E-state index contributed by atoms with van der Waals surface area (Å²) in [4.78, 5) is 45.7. The number of carbonyl (C=O) groups excluding carboxylic acids is 2. The molecule has 0 saturated carbocycles. The fraction of sp³-hybridized carbons (Fsp3) is 0.676. The van der Waals surface area contributed by atoms with E-state index in [-0.39, 0.29) is 37.3 Å². The monoisotopic (exact) mass is 642 g/mol. The first-order chi connectivity index (χ1) is 21.7. The number of aromatic nitrogens is 1. The van der Waals surface area contributed by atoms with Crippen LogP contribution in [-0.2, 0) is 19.0 Å². The number of hydrogen-bond donors (Lipinski definition) is 4. The van der Waals surface area contributed by atoms with Gasteiger partial charge in [0.15, 0.2) is 5.60 Å². The van der Waals surface area contributed by atoms with E-state index in [2.05, 4.69) is 15.2 Å². The van der Waals surface area contributed by atoms with Crippen molar-refractivity contribution < 1.29 is 38.8 Å². The number of carboxylic acids is 1. The van der Waals surface area contributed by atoms with Gasteiger partial charge in [-0.15, -0.1) is 0 Å². The number of likely N-dealkylation sites (tertiary alicyclic amines) is 1. The summed E-state index contributed by atoms with van der Waals surface area (Å²) in [5.74, 6) is -1.52. The molecule has 2 amide bonds. The molecule has 46 heavy (non-hydrogen) atoms. The SMILES string of the molecule is Cc1cc(C(=O)NC[C@H](O)C[C@H]2CC[C@@H](C)[C@](CCN3CCOC[C@@]34CCN(C(=O)OC(C)(C)C)C4)(C(=O)O)O2)cc2cc[nH]c12. The van der Waals surface area contributed by atoms with Crippen LogP contribution in [0, 0.1) is 12.8 Å². The number of ether oxygens (including phenoxy) is 3. The average Bonchev–Trinajstić information content (AvgIpc) is 3.64. The number of aliphatic hydroxyl groups excluding tert-OH is 1. The van der Waals surface area contributed by atoms with Crippen LogP contribution in [0.5, 0.6) is 0 Å². The normalized spacial score (nSPS) is 28.0. The third kappa shape index (κ3) is 7.35. The zero-order valence-electron chi connectivity index (χ0n) is 27.8. The predicted molar refractivity (Wildman–Crippen MR) is 172 cm³/mol. The second-order valence-corrected chi connectivity index (χ2v) is 14.4. The molecule has 3 fully saturated rings. The number of aliphatic carboxylic acids is 1. The van der Waals surface area contributed by atoms with E-state index in [1.165, 1.54) is 0 Å². The Balaban J connectivity index is 1.19. The van der Waals surface area contributed by atoms with Crippen LogP contribution < -0.4 is 5.32 Å². The van der Waals surface area contributed by atoms with E-state index >= 15 is 0 Å². The summed E-state index contributed by atoms with van der Waals surface area (Å²) < 4.78 is 17.9. The van der Waals surface area contributed by atoms with E-state index < -0.39 is 34.9 Å². The number of rotatable bonds is 9. The topological polar surface area (TPSA) is 154 Å². The molecule has 0 bridgehead atoms. The molecule has 3 saturated heterocycles. The second-order valence-electron chi connectivity index (χ2n) is 14.4. The van der Waals surface area contributed by atoms with E-state index in [0.29, 0.717) is 64.2 Å². The number of H-pyrrole nitrogens is 1. The Kier molecular flexibility index (Phi) is 10.0. The Morgan fingerprint density at radius 3 is 2.74 bits per heavy atom. The minimum absolute atomic E-state index is 0.0307. The van der Waals surface area contributed by atoms with Gasteiger partial charge in [0, 0.05) is 68.2 Å². The summed E-state index contributed by atoms with van der Waals surface area (Å²) in [5.41, 5.74) is 0.0333. The molecule has 1 spiro atoms. The van der Waals surface area contributed by atoms with Gasteiger partial charge in [-0.1, -0.05) is 6.92 Å². The van der Waals surface area contributed by atoms with Crippen molar-refractivity contribution in [3.8, 4) is 0 Å². The molecule has 2 aromatic rings. The van der Waals surface area contributed by atoms with Gasteiger partial charge in [0.25, 0.3) is 5.91 Å². The molecule has 3 aliphatic heterocycles.